The maximum atomic E-state index is 12.9. The molecule has 1 N–H and O–H groups in total. The number of carbonyl (C=O) groups excluding carboxylic acids is 1. The van der Waals surface area contributed by atoms with E-state index in [-0.39, 0.29) is 5.91 Å². The van der Waals surface area contributed by atoms with Gasteiger partial charge in [-0.1, -0.05) is 31.2 Å². The molecule has 1 saturated heterocycles. The summed E-state index contributed by atoms with van der Waals surface area (Å²) in [4.78, 5) is 18.0. The van der Waals surface area contributed by atoms with Crippen LogP contribution in [0.3, 0.4) is 0 Å². The molecule has 190 valence electrons. The Bertz CT molecular complexity index is 939. The van der Waals surface area contributed by atoms with Gasteiger partial charge in [-0.05, 0) is 113 Å². The number of carbonyl (C=O) groups is 1. The number of likely N-dealkylation sites (tertiary alicyclic amines) is 1. The Kier molecular flexibility index (Phi) is 10.0. The summed E-state index contributed by atoms with van der Waals surface area (Å²) in [6.07, 6.45) is 9.01. The first kappa shape index (κ1) is 25.7. The number of fused-ring (bicyclic) bond motifs is 3. The molecule has 0 aromatic heterocycles. The predicted octanol–water partition coefficient (Wildman–Crippen LogP) is 5.27. The summed E-state index contributed by atoms with van der Waals surface area (Å²) in [6, 6.07) is 14.9. The molecule has 2 aliphatic rings. The monoisotopic (exact) mass is 477 g/mol. The average molecular weight is 478 g/mol. The first-order chi connectivity index (χ1) is 17.2. The molecule has 1 fully saturated rings. The van der Waals surface area contributed by atoms with E-state index in [1.165, 1.54) is 56.3 Å². The SMILES string of the molecule is CCCN1CCCCCOc2ccc(C(=O)NCCCN3CCCC3)cc2Cc2cccc(c2)C1. The van der Waals surface area contributed by atoms with Gasteiger partial charge in [0.25, 0.3) is 5.91 Å². The minimum Gasteiger partial charge on any atom is -0.493 e. The highest BCUT2D eigenvalue weighted by molar-refractivity contribution is 5.94. The van der Waals surface area contributed by atoms with Crippen molar-refractivity contribution in [3.05, 3.63) is 64.7 Å². The molecule has 2 aromatic carbocycles. The molecule has 5 nitrogen and oxygen atoms in total. The molecule has 0 saturated carbocycles. The molecule has 2 aromatic rings. The van der Waals surface area contributed by atoms with Crippen molar-refractivity contribution in [3.8, 4) is 5.75 Å². The number of benzene rings is 2. The van der Waals surface area contributed by atoms with Crippen LogP contribution in [-0.4, -0.2) is 61.6 Å². The number of rotatable bonds is 7. The zero-order chi connectivity index (χ0) is 24.3. The molecule has 35 heavy (non-hydrogen) atoms. The summed E-state index contributed by atoms with van der Waals surface area (Å²) < 4.78 is 6.22. The van der Waals surface area contributed by atoms with E-state index in [0.717, 1.165) is 75.5 Å². The van der Waals surface area contributed by atoms with E-state index < -0.39 is 0 Å². The summed E-state index contributed by atoms with van der Waals surface area (Å²) in [5.41, 5.74) is 4.45. The molecule has 0 unspecified atom stereocenters. The van der Waals surface area contributed by atoms with Crippen molar-refractivity contribution in [2.45, 2.75) is 64.8 Å². The van der Waals surface area contributed by atoms with Crippen LogP contribution in [0.1, 0.15) is 78.9 Å². The van der Waals surface area contributed by atoms with Crippen LogP contribution in [0.25, 0.3) is 0 Å². The molecule has 2 bridgehead atoms. The Hall–Kier alpha value is -2.37. The first-order valence-electron chi connectivity index (χ1n) is 13.8. The molecular weight excluding hydrogens is 434 g/mol. The lowest BCUT2D eigenvalue weighted by atomic mass is 9.99. The Morgan fingerprint density at radius 1 is 0.914 bits per heavy atom. The number of nitrogens with one attached hydrogen (secondary N) is 1. The Morgan fingerprint density at radius 3 is 2.57 bits per heavy atom. The van der Waals surface area contributed by atoms with Crippen molar-refractivity contribution in [2.24, 2.45) is 0 Å². The third kappa shape index (κ3) is 8.08. The topological polar surface area (TPSA) is 44.8 Å². The normalized spacial score (nSPS) is 17.9. The average Bonchev–Trinajstić information content (AvgIpc) is 3.38. The first-order valence-corrected chi connectivity index (χ1v) is 13.8. The highest BCUT2D eigenvalue weighted by Gasteiger charge is 2.14. The zero-order valence-electron chi connectivity index (χ0n) is 21.6. The van der Waals surface area contributed by atoms with Gasteiger partial charge in [0.05, 0.1) is 6.61 Å². The molecule has 2 aliphatic heterocycles. The van der Waals surface area contributed by atoms with E-state index in [4.69, 9.17) is 4.74 Å². The molecule has 1 amide bonds. The molecule has 0 spiro atoms. The standard InChI is InChI=1S/C30H43N3O2/c1-2-15-33-18-4-3-7-20-35-29-13-12-27(30(34)31-14-9-19-32-16-5-6-17-32)23-28(29)22-25-10-8-11-26(21-25)24-33/h8,10-13,21,23H,2-7,9,14-20,22,24H2,1H3,(H,31,34). The van der Waals surface area contributed by atoms with Crippen LogP contribution in [0.4, 0.5) is 0 Å². The minimum atomic E-state index is 0.0117. The number of hydrogen-bond acceptors (Lipinski definition) is 4. The lowest BCUT2D eigenvalue weighted by Crippen LogP contribution is -2.28. The number of ether oxygens (including phenoxy) is 1. The van der Waals surface area contributed by atoms with E-state index >= 15 is 0 Å². The summed E-state index contributed by atoms with van der Waals surface area (Å²) in [5, 5.41) is 3.12. The van der Waals surface area contributed by atoms with E-state index in [1.54, 1.807) is 0 Å². The maximum absolute atomic E-state index is 12.9. The van der Waals surface area contributed by atoms with Gasteiger partial charge < -0.3 is 15.0 Å². The largest absolute Gasteiger partial charge is 0.493 e. The fraction of sp³-hybridized carbons (Fsp3) is 0.567. The lowest BCUT2D eigenvalue weighted by molar-refractivity contribution is 0.0952. The molecular formula is C30H43N3O2. The number of hydrogen-bond donors (Lipinski definition) is 1. The van der Waals surface area contributed by atoms with Gasteiger partial charge in [0.1, 0.15) is 5.75 Å². The second kappa shape index (κ2) is 13.6. The summed E-state index contributed by atoms with van der Waals surface area (Å²) in [6.45, 7) is 10.5. The van der Waals surface area contributed by atoms with Crippen LogP contribution >= 0.6 is 0 Å². The van der Waals surface area contributed by atoms with Gasteiger partial charge in [-0.2, -0.15) is 0 Å². The fourth-order valence-electron chi connectivity index (χ4n) is 5.31. The van der Waals surface area contributed by atoms with E-state index in [0.29, 0.717) is 0 Å². The quantitative estimate of drug-likeness (QED) is 0.552. The molecule has 0 radical (unpaired) electrons. The van der Waals surface area contributed by atoms with E-state index in [1.807, 2.05) is 18.2 Å². The van der Waals surface area contributed by atoms with Crippen molar-refractivity contribution >= 4 is 5.91 Å². The Balaban J connectivity index is 1.45. The molecule has 4 rings (SSSR count). The molecule has 5 heteroatoms. The lowest BCUT2D eigenvalue weighted by Gasteiger charge is -2.22. The van der Waals surface area contributed by atoms with Gasteiger partial charge in [-0.3, -0.25) is 9.69 Å². The van der Waals surface area contributed by atoms with Gasteiger partial charge >= 0.3 is 0 Å². The Morgan fingerprint density at radius 2 is 1.71 bits per heavy atom. The third-order valence-corrected chi connectivity index (χ3v) is 7.17. The van der Waals surface area contributed by atoms with E-state index in [2.05, 4.69) is 46.3 Å². The number of amides is 1. The molecule has 2 heterocycles. The van der Waals surface area contributed by atoms with E-state index in [9.17, 15) is 4.79 Å². The molecule has 0 atom stereocenters. The predicted molar refractivity (Wildman–Crippen MR) is 143 cm³/mol. The van der Waals surface area contributed by atoms with Crippen LogP contribution < -0.4 is 10.1 Å². The van der Waals surface area contributed by atoms with Crippen molar-refractivity contribution < 1.29 is 9.53 Å². The van der Waals surface area contributed by atoms with Crippen molar-refractivity contribution in [1.82, 2.24) is 15.1 Å². The van der Waals surface area contributed by atoms with Crippen LogP contribution in [0, 0.1) is 0 Å². The van der Waals surface area contributed by atoms with Crippen LogP contribution in [0.5, 0.6) is 5.75 Å². The number of nitrogens with zero attached hydrogens (tertiary/aromatic N) is 2. The smallest absolute Gasteiger partial charge is 0.251 e. The highest BCUT2D eigenvalue weighted by Crippen LogP contribution is 2.25. The van der Waals surface area contributed by atoms with Gasteiger partial charge in [0.2, 0.25) is 0 Å². The van der Waals surface area contributed by atoms with Gasteiger partial charge in [0, 0.05) is 25.1 Å². The highest BCUT2D eigenvalue weighted by atomic mass is 16.5. The fourth-order valence-corrected chi connectivity index (χ4v) is 5.31. The summed E-state index contributed by atoms with van der Waals surface area (Å²) >= 11 is 0. The second-order valence-corrected chi connectivity index (χ2v) is 10.2. The third-order valence-electron chi connectivity index (χ3n) is 7.17. The van der Waals surface area contributed by atoms with Crippen molar-refractivity contribution in [1.29, 1.82) is 0 Å². The summed E-state index contributed by atoms with van der Waals surface area (Å²) in [5.74, 6) is 0.920. The maximum Gasteiger partial charge on any atom is 0.251 e. The van der Waals surface area contributed by atoms with Crippen LogP contribution in [-0.2, 0) is 13.0 Å². The van der Waals surface area contributed by atoms with Crippen LogP contribution in [0.2, 0.25) is 0 Å². The summed E-state index contributed by atoms with van der Waals surface area (Å²) in [7, 11) is 0. The van der Waals surface area contributed by atoms with Crippen LogP contribution in [0.15, 0.2) is 42.5 Å². The van der Waals surface area contributed by atoms with Crippen molar-refractivity contribution in [2.75, 3.05) is 45.9 Å². The molecule has 0 aliphatic carbocycles. The minimum absolute atomic E-state index is 0.0117. The van der Waals surface area contributed by atoms with Gasteiger partial charge in [-0.25, -0.2) is 0 Å². The van der Waals surface area contributed by atoms with Gasteiger partial charge in [0.15, 0.2) is 0 Å². The zero-order valence-corrected chi connectivity index (χ0v) is 21.6. The van der Waals surface area contributed by atoms with Crippen molar-refractivity contribution in [3.63, 3.8) is 0 Å². The van der Waals surface area contributed by atoms with Gasteiger partial charge in [-0.15, -0.1) is 0 Å². The Labute approximate surface area is 211 Å². The second-order valence-electron chi connectivity index (χ2n) is 10.2.